The molecule has 0 unspecified atom stereocenters. The van der Waals surface area contributed by atoms with Crippen LogP contribution < -0.4 is 0 Å². The van der Waals surface area contributed by atoms with Crippen molar-refractivity contribution in [3.05, 3.63) is 0 Å². The molecule has 0 aromatic heterocycles. The molecule has 1 heterocycles. The molecule has 0 bridgehead atoms. The number of aliphatic carboxylic acids is 1. The van der Waals surface area contributed by atoms with Crippen LogP contribution in [0.4, 0.5) is 22.0 Å². The summed E-state index contributed by atoms with van der Waals surface area (Å²) in [6.07, 6.45) is -5.93. The summed E-state index contributed by atoms with van der Waals surface area (Å²) >= 11 is 0. The monoisotopic (exact) mass is 290 g/mol. The van der Waals surface area contributed by atoms with Crippen LogP contribution in [0, 0.1) is 0 Å². The zero-order valence-electron chi connectivity index (χ0n) is 9.58. The lowest BCUT2D eigenvalue weighted by molar-refractivity contribution is -0.274. The highest BCUT2D eigenvalue weighted by Gasteiger charge is 2.64. The Morgan fingerprint density at radius 3 is 1.84 bits per heavy atom. The zero-order valence-corrected chi connectivity index (χ0v) is 9.58. The highest BCUT2D eigenvalue weighted by Crippen LogP contribution is 2.37. The summed E-state index contributed by atoms with van der Waals surface area (Å²) in [6, 6.07) is 0. The lowest BCUT2D eigenvalue weighted by Crippen LogP contribution is -2.57. The van der Waals surface area contributed by atoms with Crippen molar-refractivity contribution in [1.29, 1.82) is 0 Å². The molecule has 0 saturated carbocycles. The van der Waals surface area contributed by atoms with Gasteiger partial charge in [-0.1, -0.05) is 0 Å². The molecule has 1 fully saturated rings. The first-order valence-corrected chi connectivity index (χ1v) is 5.24. The van der Waals surface area contributed by atoms with Crippen molar-refractivity contribution in [2.45, 2.75) is 12.1 Å². The number of piperazine rings is 1. The van der Waals surface area contributed by atoms with Crippen LogP contribution in [0.5, 0.6) is 0 Å². The quantitative estimate of drug-likeness (QED) is 0.765. The van der Waals surface area contributed by atoms with E-state index in [0.29, 0.717) is 4.90 Å². The smallest absolute Gasteiger partial charge is 0.463 e. The van der Waals surface area contributed by atoms with E-state index in [9.17, 15) is 31.5 Å². The van der Waals surface area contributed by atoms with Crippen LogP contribution in [-0.4, -0.2) is 71.6 Å². The third-order valence-corrected chi connectivity index (χ3v) is 2.64. The largest absolute Gasteiger partial charge is 0.480 e. The van der Waals surface area contributed by atoms with Crippen LogP contribution in [0.15, 0.2) is 0 Å². The van der Waals surface area contributed by atoms with Crippen LogP contribution in [0.25, 0.3) is 0 Å². The van der Waals surface area contributed by atoms with Crippen LogP contribution in [0.1, 0.15) is 0 Å². The van der Waals surface area contributed by atoms with Crippen LogP contribution in [0.2, 0.25) is 0 Å². The Balaban J connectivity index is 2.61. The molecular formula is C9H11F5N2O3. The van der Waals surface area contributed by atoms with Gasteiger partial charge in [0.1, 0.15) is 0 Å². The van der Waals surface area contributed by atoms with E-state index in [1.165, 1.54) is 4.90 Å². The van der Waals surface area contributed by atoms with Gasteiger partial charge in [0.2, 0.25) is 0 Å². The first kappa shape index (κ1) is 15.6. The molecule has 1 rings (SSSR count). The minimum Gasteiger partial charge on any atom is -0.480 e. The van der Waals surface area contributed by atoms with E-state index in [0.717, 1.165) is 0 Å². The molecule has 1 N–H and O–H groups in total. The lowest BCUT2D eigenvalue weighted by Gasteiger charge is -2.35. The van der Waals surface area contributed by atoms with Crippen molar-refractivity contribution in [2.75, 3.05) is 32.7 Å². The maximum Gasteiger partial charge on any atom is 0.463 e. The highest BCUT2D eigenvalue weighted by molar-refractivity contribution is 5.84. The van der Waals surface area contributed by atoms with E-state index in [1.54, 1.807) is 0 Å². The van der Waals surface area contributed by atoms with Crippen molar-refractivity contribution < 1.29 is 36.6 Å². The molecule has 0 aromatic rings. The van der Waals surface area contributed by atoms with Crippen molar-refractivity contribution in [1.82, 2.24) is 9.80 Å². The van der Waals surface area contributed by atoms with Gasteiger partial charge in [0.15, 0.2) is 0 Å². The van der Waals surface area contributed by atoms with Gasteiger partial charge in [0.05, 0.1) is 6.54 Å². The maximum atomic E-state index is 12.8. The average molecular weight is 290 g/mol. The summed E-state index contributed by atoms with van der Waals surface area (Å²) in [5.41, 5.74) is 0. The van der Waals surface area contributed by atoms with Crippen molar-refractivity contribution >= 4 is 11.9 Å². The summed E-state index contributed by atoms with van der Waals surface area (Å²) in [5.74, 6) is -8.85. The molecule has 5 nitrogen and oxygen atoms in total. The highest BCUT2D eigenvalue weighted by atomic mass is 19.4. The number of hydrogen-bond donors (Lipinski definition) is 1. The summed E-state index contributed by atoms with van der Waals surface area (Å²) < 4.78 is 61.6. The number of alkyl halides is 5. The number of nitrogens with zero attached hydrogens (tertiary/aromatic N) is 2. The molecule has 0 aromatic carbocycles. The van der Waals surface area contributed by atoms with Crippen LogP contribution in [-0.2, 0) is 9.59 Å². The summed E-state index contributed by atoms with van der Waals surface area (Å²) in [7, 11) is 0. The third kappa shape index (κ3) is 3.52. The number of carbonyl (C=O) groups excluding carboxylic acids is 1. The second-order valence-electron chi connectivity index (χ2n) is 4.03. The maximum absolute atomic E-state index is 12.8. The lowest BCUT2D eigenvalue weighted by atomic mass is 10.2. The van der Waals surface area contributed by atoms with Crippen molar-refractivity contribution in [2.24, 2.45) is 0 Å². The molecule has 0 radical (unpaired) electrons. The summed E-state index contributed by atoms with van der Waals surface area (Å²) in [4.78, 5) is 23.2. The Bertz CT molecular complexity index is 363. The number of amides is 1. The van der Waals surface area contributed by atoms with Gasteiger partial charge in [-0.2, -0.15) is 22.0 Å². The van der Waals surface area contributed by atoms with E-state index in [-0.39, 0.29) is 32.7 Å². The van der Waals surface area contributed by atoms with E-state index >= 15 is 0 Å². The average Bonchev–Trinajstić information content (AvgIpc) is 2.26. The Labute approximate surface area is 104 Å². The fourth-order valence-corrected chi connectivity index (χ4v) is 1.62. The second-order valence-corrected chi connectivity index (χ2v) is 4.03. The molecule has 19 heavy (non-hydrogen) atoms. The predicted octanol–water partition coefficient (Wildman–Crippen LogP) is 0.413. The number of rotatable bonds is 3. The minimum absolute atomic E-state index is 0.0635. The number of halogens is 5. The molecule has 0 atom stereocenters. The molecular weight excluding hydrogens is 279 g/mol. The van der Waals surface area contributed by atoms with Crippen LogP contribution >= 0.6 is 0 Å². The van der Waals surface area contributed by atoms with Crippen LogP contribution in [0.3, 0.4) is 0 Å². The van der Waals surface area contributed by atoms with E-state index in [1.807, 2.05) is 0 Å². The standard InChI is InChI=1S/C9H11F5N2O3/c10-8(11,9(12,13)14)7(19)16-3-1-15(2-4-16)5-6(17)18/h1-5H2,(H,17,18). The number of carboxylic acids is 1. The normalized spacial score (nSPS) is 18.5. The van der Waals surface area contributed by atoms with Gasteiger partial charge in [0, 0.05) is 26.2 Å². The van der Waals surface area contributed by atoms with Gasteiger partial charge in [-0.05, 0) is 0 Å². The Hall–Kier alpha value is -1.45. The zero-order chi connectivity index (χ0) is 14.8. The molecule has 1 aliphatic rings. The van der Waals surface area contributed by atoms with Gasteiger partial charge in [-0.3, -0.25) is 14.5 Å². The summed E-state index contributed by atoms with van der Waals surface area (Å²) in [6.45, 7) is -1.20. The van der Waals surface area contributed by atoms with Gasteiger partial charge >= 0.3 is 24.0 Å². The molecule has 0 aliphatic carbocycles. The van der Waals surface area contributed by atoms with Crippen molar-refractivity contribution in [3.8, 4) is 0 Å². The SMILES string of the molecule is O=C(O)CN1CCN(C(=O)C(F)(F)C(F)(F)F)CC1. The fourth-order valence-electron chi connectivity index (χ4n) is 1.62. The molecule has 110 valence electrons. The molecule has 1 saturated heterocycles. The van der Waals surface area contributed by atoms with E-state index in [4.69, 9.17) is 5.11 Å². The molecule has 10 heteroatoms. The topological polar surface area (TPSA) is 60.9 Å². The Morgan fingerprint density at radius 1 is 1.00 bits per heavy atom. The number of hydrogen-bond acceptors (Lipinski definition) is 3. The fraction of sp³-hybridized carbons (Fsp3) is 0.778. The number of carbonyl (C=O) groups is 2. The van der Waals surface area contributed by atoms with Gasteiger partial charge in [-0.25, -0.2) is 0 Å². The molecule has 1 amide bonds. The van der Waals surface area contributed by atoms with Crippen molar-refractivity contribution in [3.63, 3.8) is 0 Å². The van der Waals surface area contributed by atoms with Gasteiger partial charge in [0.25, 0.3) is 0 Å². The minimum atomic E-state index is -5.93. The van der Waals surface area contributed by atoms with Gasteiger partial charge in [-0.15, -0.1) is 0 Å². The van der Waals surface area contributed by atoms with E-state index < -0.39 is 24.0 Å². The first-order chi connectivity index (χ1) is 8.55. The Kier molecular flexibility index (Phi) is 4.33. The second kappa shape index (κ2) is 5.27. The van der Waals surface area contributed by atoms with E-state index in [2.05, 4.69) is 0 Å². The predicted molar refractivity (Wildman–Crippen MR) is 51.7 cm³/mol. The van der Waals surface area contributed by atoms with Gasteiger partial charge < -0.3 is 10.0 Å². The first-order valence-electron chi connectivity index (χ1n) is 5.24. The number of carboxylic acid groups (broad SMARTS) is 1. The molecule has 1 aliphatic heterocycles. The Morgan fingerprint density at radius 2 is 1.47 bits per heavy atom. The summed E-state index contributed by atoms with van der Waals surface area (Å²) in [5, 5.41) is 8.49. The molecule has 0 spiro atoms. The third-order valence-electron chi connectivity index (χ3n) is 2.64.